The molecule has 1 heterocycles. The number of β-lactam (4-membered cyclic amide) rings is 1. The fourth-order valence-corrected chi connectivity index (χ4v) is 2.45. The molecule has 20 heavy (non-hydrogen) atoms. The highest BCUT2D eigenvalue weighted by Crippen LogP contribution is 2.38. The molecule has 2 atom stereocenters. The molecule has 5 heteroatoms. The predicted molar refractivity (Wildman–Crippen MR) is 71.0 cm³/mol. The first-order valence-electron chi connectivity index (χ1n) is 6.18. The molecule has 0 unspecified atom stereocenters. The normalized spacial score (nSPS) is 21.8. The van der Waals surface area contributed by atoms with Gasteiger partial charge < -0.3 is 10.6 Å². The largest absolute Gasteiger partial charge is 0.318 e. The van der Waals surface area contributed by atoms with Gasteiger partial charge in [-0.15, -0.1) is 0 Å². The molecular formula is C15H12F2N2O. The first kappa shape index (κ1) is 12.7. The lowest BCUT2D eigenvalue weighted by Gasteiger charge is -2.45. The zero-order chi connectivity index (χ0) is 14.3. The monoisotopic (exact) mass is 274 g/mol. The van der Waals surface area contributed by atoms with Gasteiger partial charge in [0.25, 0.3) is 0 Å². The number of carbonyl (C=O) groups is 1. The van der Waals surface area contributed by atoms with Crippen LogP contribution < -0.4 is 10.6 Å². The quantitative estimate of drug-likeness (QED) is 0.855. The van der Waals surface area contributed by atoms with Gasteiger partial charge >= 0.3 is 0 Å². The van der Waals surface area contributed by atoms with E-state index in [2.05, 4.69) is 0 Å². The molecule has 1 fully saturated rings. The summed E-state index contributed by atoms with van der Waals surface area (Å²) in [5.41, 5.74) is 6.66. The minimum atomic E-state index is -0.781. The highest BCUT2D eigenvalue weighted by Gasteiger charge is 2.47. The SMILES string of the molecule is N[C@@H]1C(=O)N(c2ccc(F)cc2)[C@H]1c1ccccc1F. The number of anilines is 1. The second-order valence-electron chi connectivity index (χ2n) is 4.68. The Morgan fingerprint density at radius 3 is 2.30 bits per heavy atom. The van der Waals surface area contributed by atoms with Crippen LogP contribution in [0.3, 0.4) is 0 Å². The van der Waals surface area contributed by atoms with Gasteiger partial charge in [-0.1, -0.05) is 18.2 Å². The van der Waals surface area contributed by atoms with Crippen LogP contribution in [0.15, 0.2) is 48.5 Å². The van der Waals surface area contributed by atoms with Crippen LogP contribution in [0, 0.1) is 11.6 Å². The van der Waals surface area contributed by atoms with Gasteiger partial charge in [0.15, 0.2) is 0 Å². The highest BCUT2D eigenvalue weighted by molar-refractivity contribution is 6.05. The summed E-state index contributed by atoms with van der Waals surface area (Å²) >= 11 is 0. The van der Waals surface area contributed by atoms with Gasteiger partial charge in [-0.3, -0.25) is 4.79 Å². The maximum absolute atomic E-state index is 13.9. The molecule has 2 aromatic rings. The van der Waals surface area contributed by atoms with Crippen molar-refractivity contribution in [3.05, 3.63) is 65.7 Å². The Hall–Kier alpha value is -2.27. The number of amides is 1. The Bertz CT molecular complexity index is 657. The molecule has 0 spiro atoms. The molecule has 0 saturated carbocycles. The average Bonchev–Trinajstić information content (AvgIpc) is 2.46. The van der Waals surface area contributed by atoms with Crippen molar-refractivity contribution in [1.29, 1.82) is 0 Å². The van der Waals surface area contributed by atoms with Gasteiger partial charge in [0.1, 0.15) is 17.7 Å². The zero-order valence-electron chi connectivity index (χ0n) is 10.5. The van der Waals surface area contributed by atoms with Crippen LogP contribution in [0.4, 0.5) is 14.5 Å². The summed E-state index contributed by atoms with van der Waals surface area (Å²) in [6.45, 7) is 0. The van der Waals surface area contributed by atoms with E-state index in [9.17, 15) is 13.6 Å². The molecule has 1 saturated heterocycles. The lowest BCUT2D eigenvalue weighted by Crippen LogP contribution is -2.63. The van der Waals surface area contributed by atoms with Crippen LogP contribution in [0.25, 0.3) is 0 Å². The standard InChI is InChI=1S/C15H12F2N2O/c16-9-5-7-10(8-6-9)19-14(13(18)15(19)20)11-3-1-2-4-12(11)17/h1-8,13-14H,18H2/t13-,14-/m0/s1. The molecule has 0 radical (unpaired) electrons. The van der Waals surface area contributed by atoms with Crippen molar-refractivity contribution in [2.75, 3.05) is 4.90 Å². The number of rotatable bonds is 2. The Labute approximate surface area is 114 Å². The number of halogens is 2. The van der Waals surface area contributed by atoms with E-state index in [1.54, 1.807) is 18.2 Å². The number of benzene rings is 2. The molecule has 1 aliphatic heterocycles. The lowest BCUT2D eigenvalue weighted by atomic mass is 9.88. The molecule has 0 bridgehead atoms. The fraction of sp³-hybridized carbons (Fsp3) is 0.133. The second-order valence-corrected chi connectivity index (χ2v) is 4.68. The summed E-state index contributed by atoms with van der Waals surface area (Å²) in [7, 11) is 0. The zero-order valence-corrected chi connectivity index (χ0v) is 10.5. The van der Waals surface area contributed by atoms with Crippen molar-refractivity contribution in [3.63, 3.8) is 0 Å². The first-order chi connectivity index (χ1) is 9.59. The van der Waals surface area contributed by atoms with E-state index in [1.807, 2.05) is 0 Å². The molecule has 3 rings (SSSR count). The molecule has 0 aliphatic carbocycles. The second kappa shape index (κ2) is 4.68. The summed E-state index contributed by atoms with van der Waals surface area (Å²) in [5.74, 6) is -1.11. The summed E-state index contributed by atoms with van der Waals surface area (Å²) in [5, 5.41) is 0. The number of carbonyl (C=O) groups excluding carboxylic acids is 1. The molecule has 0 aromatic heterocycles. The summed E-state index contributed by atoms with van der Waals surface area (Å²) in [6.07, 6.45) is 0. The maximum atomic E-state index is 13.9. The van der Waals surface area contributed by atoms with Crippen molar-refractivity contribution < 1.29 is 13.6 Å². The topological polar surface area (TPSA) is 46.3 Å². The lowest BCUT2D eigenvalue weighted by molar-refractivity contribution is -0.126. The fourth-order valence-electron chi connectivity index (χ4n) is 2.45. The van der Waals surface area contributed by atoms with Crippen LogP contribution in [-0.2, 0) is 4.79 Å². The van der Waals surface area contributed by atoms with Gasteiger partial charge in [0, 0.05) is 11.3 Å². The Kier molecular flexibility index (Phi) is 2.99. The van der Waals surface area contributed by atoms with E-state index in [0.717, 1.165) is 0 Å². The minimum Gasteiger partial charge on any atom is -0.318 e. The molecular weight excluding hydrogens is 262 g/mol. The highest BCUT2D eigenvalue weighted by atomic mass is 19.1. The van der Waals surface area contributed by atoms with Crippen LogP contribution in [0.2, 0.25) is 0 Å². The summed E-state index contributed by atoms with van der Waals surface area (Å²) in [4.78, 5) is 13.3. The third-order valence-corrected chi connectivity index (χ3v) is 3.47. The Morgan fingerprint density at radius 1 is 1.00 bits per heavy atom. The molecule has 3 nitrogen and oxygen atoms in total. The Balaban J connectivity index is 2.00. The molecule has 1 aliphatic rings. The number of hydrogen-bond acceptors (Lipinski definition) is 2. The smallest absolute Gasteiger partial charge is 0.247 e. The maximum Gasteiger partial charge on any atom is 0.247 e. The van der Waals surface area contributed by atoms with Crippen LogP contribution in [0.1, 0.15) is 11.6 Å². The average molecular weight is 274 g/mol. The van der Waals surface area contributed by atoms with Crippen molar-refractivity contribution in [2.45, 2.75) is 12.1 Å². The van der Waals surface area contributed by atoms with Gasteiger partial charge in [0.05, 0.1) is 6.04 Å². The van der Waals surface area contributed by atoms with Gasteiger partial charge in [0.2, 0.25) is 5.91 Å². The minimum absolute atomic E-state index is 0.301. The first-order valence-corrected chi connectivity index (χ1v) is 6.18. The molecule has 2 aromatic carbocycles. The molecule has 2 N–H and O–H groups in total. The summed E-state index contributed by atoms with van der Waals surface area (Å²) in [6, 6.07) is 10.3. The summed E-state index contributed by atoms with van der Waals surface area (Å²) < 4.78 is 26.8. The van der Waals surface area contributed by atoms with Crippen molar-refractivity contribution in [2.24, 2.45) is 5.73 Å². The van der Waals surface area contributed by atoms with E-state index < -0.39 is 23.7 Å². The van der Waals surface area contributed by atoms with Crippen LogP contribution in [-0.4, -0.2) is 11.9 Å². The van der Waals surface area contributed by atoms with Crippen LogP contribution >= 0.6 is 0 Å². The Morgan fingerprint density at radius 2 is 1.65 bits per heavy atom. The van der Waals surface area contributed by atoms with Crippen LogP contribution in [0.5, 0.6) is 0 Å². The van der Waals surface area contributed by atoms with E-state index in [-0.39, 0.29) is 5.91 Å². The van der Waals surface area contributed by atoms with Crippen molar-refractivity contribution in [3.8, 4) is 0 Å². The van der Waals surface area contributed by atoms with Crippen molar-refractivity contribution >= 4 is 11.6 Å². The molecule has 1 amide bonds. The van der Waals surface area contributed by atoms with E-state index in [1.165, 1.54) is 35.2 Å². The number of nitrogens with two attached hydrogens (primary N) is 1. The van der Waals surface area contributed by atoms with E-state index >= 15 is 0 Å². The molecule has 102 valence electrons. The van der Waals surface area contributed by atoms with E-state index in [0.29, 0.717) is 11.3 Å². The predicted octanol–water partition coefficient (Wildman–Crippen LogP) is 2.38. The van der Waals surface area contributed by atoms with Gasteiger partial charge in [-0.05, 0) is 30.3 Å². The number of hydrogen-bond donors (Lipinski definition) is 1. The van der Waals surface area contributed by atoms with Crippen molar-refractivity contribution in [1.82, 2.24) is 0 Å². The van der Waals surface area contributed by atoms with Gasteiger partial charge in [-0.2, -0.15) is 0 Å². The van der Waals surface area contributed by atoms with Gasteiger partial charge in [-0.25, -0.2) is 8.78 Å². The number of nitrogens with zero attached hydrogens (tertiary/aromatic N) is 1. The third-order valence-electron chi connectivity index (χ3n) is 3.47. The van der Waals surface area contributed by atoms with E-state index in [4.69, 9.17) is 5.73 Å². The third kappa shape index (κ3) is 1.87.